The van der Waals surface area contributed by atoms with Crippen molar-refractivity contribution in [1.29, 1.82) is 0 Å². The van der Waals surface area contributed by atoms with Gasteiger partial charge in [0.05, 0.1) is 21.8 Å². The molecule has 0 spiro atoms. The summed E-state index contributed by atoms with van der Waals surface area (Å²) in [6.07, 6.45) is 1.91. The van der Waals surface area contributed by atoms with E-state index in [2.05, 4.69) is 10.3 Å². The second-order valence-electron chi connectivity index (χ2n) is 7.92. The van der Waals surface area contributed by atoms with Gasteiger partial charge in [-0.1, -0.05) is 53.3 Å². The first kappa shape index (κ1) is 22.5. The molecule has 0 radical (unpaired) electrons. The highest BCUT2D eigenvalue weighted by Gasteiger charge is 2.32. The molecule has 0 saturated heterocycles. The highest BCUT2D eigenvalue weighted by Crippen LogP contribution is 2.31. The third-order valence-corrected chi connectivity index (χ3v) is 7.85. The number of rotatable bonds is 4. The minimum absolute atomic E-state index is 0.172. The highest BCUT2D eigenvalue weighted by molar-refractivity contribution is 7.11. The molecule has 5 rings (SSSR count). The summed E-state index contributed by atoms with van der Waals surface area (Å²) in [5.41, 5.74) is 3.41. The van der Waals surface area contributed by atoms with Gasteiger partial charge in [-0.3, -0.25) is 14.2 Å². The fourth-order valence-electron chi connectivity index (χ4n) is 3.94. The number of nitrogens with zero attached hydrogens (tertiary/aromatic N) is 2. The van der Waals surface area contributed by atoms with Crippen LogP contribution in [0.2, 0.25) is 5.02 Å². The Bertz CT molecular complexity index is 1600. The fraction of sp³-hybridized carbons (Fsp3) is 0.115. The molecule has 1 atom stereocenters. The van der Waals surface area contributed by atoms with Gasteiger partial charge in [0, 0.05) is 15.6 Å². The molecule has 2 aromatic carbocycles. The van der Waals surface area contributed by atoms with E-state index in [1.165, 1.54) is 11.3 Å². The van der Waals surface area contributed by atoms with Crippen molar-refractivity contribution in [2.45, 2.75) is 19.9 Å². The molecule has 1 unspecified atom stereocenters. The number of halogens is 1. The largest absolute Gasteiger partial charge is 0.322 e. The number of carbonyl (C=O) groups is 1. The Morgan fingerprint density at radius 3 is 2.50 bits per heavy atom. The van der Waals surface area contributed by atoms with Crippen LogP contribution in [0, 0.1) is 6.92 Å². The van der Waals surface area contributed by atoms with Crippen LogP contribution in [0.5, 0.6) is 0 Å². The van der Waals surface area contributed by atoms with E-state index in [0.717, 1.165) is 16.0 Å². The van der Waals surface area contributed by atoms with Gasteiger partial charge >= 0.3 is 0 Å². The van der Waals surface area contributed by atoms with Crippen LogP contribution in [-0.4, -0.2) is 10.5 Å². The topological polar surface area (TPSA) is 63.5 Å². The molecule has 0 fully saturated rings. The molecule has 5 nitrogen and oxygen atoms in total. The molecule has 2 aromatic heterocycles. The number of fused-ring (bicyclic) bond motifs is 1. The lowest BCUT2D eigenvalue weighted by molar-refractivity contribution is -0.113. The van der Waals surface area contributed by atoms with E-state index in [9.17, 15) is 9.59 Å². The number of hydrogen-bond acceptors (Lipinski definition) is 5. The molecular formula is C26H20ClN3O2S2. The summed E-state index contributed by atoms with van der Waals surface area (Å²) in [5.74, 6) is -0.296. The van der Waals surface area contributed by atoms with E-state index >= 15 is 0 Å². The molecule has 8 heteroatoms. The number of nitrogens with one attached hydrogen (secondary N) is 1. The lowest BCUT2D eigenvalue weighted by Gasteiger charge is -2.25. The number of hydrogen-bond donors (Lipinski definition) is 1. The maximum atomic E-state index is 13.6. The molecule has 1 amide bonds. The smallest absolute Gasteiger partial charge is 0.271 e. The third kappa shape index (κ3) is 4.18. The Hall–Kier alpha value is -3.26. The Balaban J connectivity index is 1.69. The Kier molecular flexibility index (Phi) is 6.08. The summed E-state index contributed by atoms with van der Waals surface area (Å²) >= 11 is 9.06. The average molecular weight is 506 g/mol. The van der Waals surface area contributed by atoms with Crippen LogP contribution in [0.3, 0.4) is 0 Å². The molecule has 0 aliphatic carbocycles. The van der Waals surface area contributed by atoms with E-state index in [0.29, 0.717) is 31.3 Å². The van der Waals surface area contributed by atoms with E-state index in [4.69, 9.17) is 11.6 Å². The van der Waals surface area contributed by atoms with Gasteiger partial charge < -0.3 is 5.32 Å². The zero-order chi connectivity index (χ0) is 23.8. The summed E-state index contributed by atoms with van der Waals surface area (Å²) in [5, 5.41) is 5.54. The second-order valence-corrected chi connectivity index (χ2v) is 10.3. The molecule has 1 aliphatic heterocycles. The number of benzene rings is 2. The fourth-order valence-corrected chi connectivity index (χ4v) is 6.03. The van der Waals surface area contributed by atoms with Gasteiger partial charge in [-0.2, -0.15) is 0 Å². The van der Waals surface area contributed by atoms with Crippen LogP contribution in [-0.2, 0) is 4.79 Å². The standard InChI is InChI=1S/C26H20ClN3O2S2/c1-15-12-13-33-20(15)14-21-25(32)30-23(17-8-10-18(27)11-9-17)22(16(2)28-26(30)34-21)24(31)29-19-6-4-3-5-7-19/h3-14,23H,1-2H3,(H,29,31)/b21-14-. The molecule has 34 heavy (non-hydrogen) atoms. The molecule has 1 N–H and O–H groups in total. The first-order valence-corrected chi connectivity index (χ1v) is 12.7. The maximum absolute atomic E-state index is 13.6. The molecule has 4 aromatic rings. The number of anilines is 1. The van der Waals surface area contributed by atoms with Gasteiger partial charge in [-0.15, -0.1) is 11.3 Å². The second kappa shape index (κ2) is 9.18. The third-order valence-electron chi connectivity index (χ3n) is 5.65. The Morgan fingerprint density at radius 2 is 1.82 bits per heavy atom. The van der Waals surface area contributed by atoms with Crippen molar-refractivity contribution >= 4 is 51.9 Å². The monoisotopic (exact) mass is 505 g/mol. The summed E-state index contributed by atoms with van der Waals surface area (Å²) in [7, 11) is 0. The molecule has 0 bridgehead atoms. The SMILES string of the molecule is CC1=C(C(=O)Nc2ccccc2)C(c2ccc(Cl)cc2)n2c(s/c(=C\c3sccc3C)c2=O)=N1. The number of para-hydroxylation sites is 1. The number of thiophene rings is 1. The minimum atomic E-state index is -0.621. The summed E-state index contributed by atoms with van der Waals surface area (Å²) in [6, 6.07) is 17.9. The van der Waals surface area contributed by atoms with Gasteiger partial charge in [0.15, 0.2) is 4.80 Å². The number of aryl methyl sites for hydroxylation is 1. The quantitative estimate of drug-likeness (QED) is 0.429. The van der Waals surface area contributed by atoms with E-state index in [1.54, 1.807) is 28.0 Å². The number of carbonyl (C=O) groups excluding carboxylic acids is 1. The normalized spacial score (nSPS) is 15.7. The number of amides is 1. The predicted molar refractivity (Wildman–Crippen MR) is 139 cm³/mol. The van der Waals surface area contributed by atoms with E-state index < -0.39 is 6.04 Å². The van der Waals surface area contributed by atoms with E-state index in [1.807, 2.05) is 73.8 Å². The number of allylic oxidation sites excluding steroid dienone is 1. The van der Waals surface area contributed by atoms with Crippen molar-refractivity contribution in [2.75, 3.05) is 5.32 Å². The molecule has 3 heterocycles. The Labute approximate surface area is 209 Å². The van der Waals surface area contributed by atoms with Crippen molar-refractivity contribution in [1.82, 2.24) is 4.57 Å². The summed E-state index contributed by atoms with van der Waals surface area (Å²) in [6.45, 7) is 3.83. The van der Waals surface area contributed by atoms with Gasteiger partial charge in [0.2, 0.25) is 0 Å². The van der Waals surface area contributed by atoms with Crippen LogP contribution >= 0.6 is 34.3 Å². The van der Waals surface area contributed by atoms with Crippen LogP contribution in [0.25, 0.3) is 6.08 Å². The number of aromatic nitrogens is 1. The van der Waals surface area contributed by atoms with Crippen LogP contribution in [0.1, 0.15) is 29.0 Å². The van der Waals surface area contributed by atoms with Crippen LogP contribution in [0.4, 0.5) is 5.69 Å². The van der Waals surface area contributed by atoms with E-state index in [-0.39, 0.29) is 11.5 Å². The van der Waals surface area contributed by atoms with Crippen molar-refractivity contribution in [3.8, 4) is 0 Å². The summed E-state index contributed by atoms with van der Waals surface area (Å²) < 4.78 is 2.20. The average Bonchev–Trinajstić information content (AvgIpc) is 3.36. The Morgan fingerprint density at radius 1 is 1.09 bits per heavy atom. The highest BCUT2D eigenvalue weighted by atomic mass is 35.5. The predicted octanol–water partition coefficient (Wildman–Crippen LogP) is 4.90. The van der Waals surface area contributed by atoms with Crippen molar-refractivity contribution in [3.05, 3.63) is 118 Å². The number of thiazole rings is 1. The minimum Gasteiger partial charge on any atom is -0.322 e. The summed E-state index contributed by atoms with van der Waals surface area (Å²) in [4.78, 5) is 33.4. The molecule has 170 valence electrons. The molecule has 0 saturated carbocycles. The molecule has 1 aliphatic rings. The van der Waals surface area contributed by atoms with Gasteiger partial charge in [-0.05, 0) is 66.8 Å². The van der Waals surface area contributed by atoms with Gasteiger partial charge in [0.1, 0.15) is 0 Å². The first-order chi connectivity index (χ1) is 16.4. The van der Waals surface area contributed by atoms with Crippen molar-refractivity contribution in [2.24, 2.45) is 4.99 Å². The lowest BCUT2D eigenvalue weighted by atomic mass is 9.95. The van der Waals surface area contributed by atoms with Crippen LogP contribution < -0.4 is 20.2 Å². The van der Waals surface area contributed by atoms with Gasteiger partial charge in [0.25, 0.3) is 11.5 Å². The zero-order valence-corrected chi connectivity index (χ0v) is 20.8. The first-order valence-electron chi connectivity index (χ1n) is 10.6. The van der Waals surface area contributed by atoms with Crippen molar-refractivity contribution < 1.29 is 4.79 Å². The molecular weight excluding hydrogens is 486 g/mol. The zero-order valence-electron chi connectivity index (χ0n) is 18.4. The van der Waals surface area contributed by atoms with Gasteiger partial charge in [-0.25, -0.2) is 4.99 Å². The maximum Gasteiger partial charge on any atom is 0.271 e. The van der Waals surface area contributed by atoms with Crippen LogP contribution in [0.15, 0.2) is 87.1 Å². The van der Waals surface area contributed by atoms with Crippen molar-refractivity contribution in [3.63, 3.8) is 0 Å². The lowest BCUT2D eigenvalue weighted by Crippen LogP contribution is -2.40.